The van der Waals surface area contributed by atoms with Gasteiger partial charge in [-0.3, -0.25) is 0 Å². The van der Waals surface area contributed by atoms with Crippen LogP contribution >= 0.6 is 0 Å². The van der Waals surface area contributed by atoms with Gasteiger partial charge in [-0.15, -0.1) is 0 Å². The van der Waals surface area contributed by atoms with E-state index in [2.05, 4.69) is 5.32 Å². The van der Waals surface area contributed by atoms with Gasteiger partial charge in [-0.1, -0.05) is 0 Å². The average molecular weight is 260 g/mol. The maximum Gasteiger partial charge on any atom is 0.338 e. The highest BCUT2D eigenvalue weighted by molar-refractivity contribution is 5.91. The zero-order valence-corrected chi connectivity index (χ0v) is 10.7. The number of carbonyl (C=O) groups is 1. The Labute approximate surface area is 111 Å². The highest BCUT2D eigenvalue weighted by Crippen LogP contribution is 2.21. The molecule has 3 N–H and O–H groups in total. The van der Waals surface area contributed by atoms with Crippen LogP contribution in [0.2, 0.25) is 0 Å². The van der Waals surface area contributed by atoms with Gasteiger partial charge in [0.25, 0.3) is 0 Å². The maximum atomic E-state index is 11.5. The predicted octanol–water partition coefficient (Wildman–Crippen LogP) is 2.65. The Balaban J connectivity index is 2.04. The Kier molecular flexibility index (Phi) is 4.07. The summed E-state index contributed by atoms with van der Waals surface area (Å²) in [5.74, 6) is 0.445. The van der Waals surface area contributed by atoms with Crippen molar-refractivity contribution in [1.29, 1.82) is 0 Å². The summed E-state index contributed by atoms with van der Waals surface area (Å²) in [6, 6.07) is 8.73. The zero-order valence-electron chi connectivity index (χ0n) is 10.7. The molecule has 2 rings (SSSR count). The van der Waals surface area contributed by atoms with E-state index in [4.69, 9.17) is 14.9 Å². The molecule has 0 unspecified atom stereocenters. The second-order valence-electron chi connectivity index (χ2n) is 3.96. The summed E-state index contributed by atoms with van der Waals surface area (Å²) in [5, 5.41) is 3.14. The fourth-order valence-electron chi connectivity index (χ4n) is 1.66. The van der Waals surface area contributed by atoms with E-state index in [0.29, 0.717) is 24.4 Å². The molecule has 1 aromatic heterocycles. The molecule has 0 fully saturated rings. The predicted molar refractivity (Wildman–Crippen MR) is 72.8 cm³/mol. The number of hydrogen-bond acceptors (Lipinski definition) is 5. The van der Waals surface area contributed by atoms with E-state index in [1.54, 1.807) is 31.4 Å². The number of hydrogen-bond donors (Lipinski definition) is 2. The third kappa shape index (κ3) is 3.28. The molecule has 0 radical (unpaired) electrons. The van der Waals surface area contributed by atoms with Crippen LogP contribution in [0.15, 0.2) is 41.0 Å². The Morgan fingerprint density at radius 3 is 2.89 bits per heavy atom. The number of furan rings is 1. The van der Waals surface area contributed by atoms with Crippen molar-refractivity contribution < 1.29 is 13.9 Å². The molecule has 0 saturated carbocycles. The molecule has 1 aromatic carbocycles. The summed E-state index contributed by atoms with van der Waals surface area (Å²) in [7, 11) is 0. The van der Waals surface area contributed by atoms with Gasteiger partial charge in [0.1, 0.15) is 5.76 Å². The third-order valence-corrected chi connectivity index (χ3v) is 2.60. The minimum absolute atomic E-state index is 0.344. The minimum Gasteiger partial charge on any atom is -0.467 e. The van der Waals surface area contributed by atoms with Crippen molar-refractivity contribution >= 4 is 17.3 Å². The number of carbonyl (C=O) groups excluding carboxylic acids is 1. The van der Waals surface area contributed by atoms with Crippen molar-refractivity contribution in [3.63, 3.8) is 0 Å². The van der Waals surface area contributed by atoms with Gasteiger partial charge in [0, 0.05) is 0 Å². The number of esters is 1. The number of rotatable bonds is 5. The highest BCUT2D eigenvalue weighted by Gasteiger charge is 2.09. The topological polar surface area (TPSA) is 77.5 Å². The van der Waals surface area contributed by atoms with Gasteiger partial charge in [-0.25, -0.2) is 4.79 Å². The van der Waals surface area contributed by atoms with Crippen LogP contribution < -0.4 is 11.1 Å². The van der Waals surface area contributed by atoms with Crippen LogP contribution in [0.3, 0.4) is 0 Å². The van der Waals surface area contributed by atoms with Gasteiger partial charge in [0.05, 0.1) is 36.4 Å². The molecule has 0 atom stereocenters. The lowest BCUT2D eigenvalue weighted by Gasteiger charge is -2.09. The number of nitrogen functional groups attached to an aromatic ring is 1. The van der Waals surface area contributed by atoms with Crippen molar-refractivity contribution in [2.75, 3.05) is 17.7 Å². The van der Waals surface area contributed by atoms with E-state index in [-0.39, 0.29) is 5.97 Å². The van der Waals surface area contributed by atoms with Crippen molar-refractivity contribution in [2.45, 2.75) is 13.5 Å². The Morgan fingerprint density at radius 1 is 1.42 bits per heavy atom. The van der Waals surface area contributed by atoms with Gasteiger partial charge < -0.3 is 20.2 Å². The molecular formula is C14H16N2O3. The lowest BCUT2D eigenvalue weighted by Crippen LogP contribution is -2.07. The largest absolute Gasteiger partial charge is 0.467 e. The van der Waals surface area contributed by atoms with Gasteiger partial charge in [-0.05, 0) is 37.3 Å². The van der Waals surface area contributed by atoms with Crippen molar-refractivity contribution in [1.82, 2.24) is 0 Å². The van der Waals surface area contributed by atoms with Crippen LogP contribution in [0.25, 0.3) is 0 Å². The van der Waals surface area contributed by atoms with Crippen LogP contribution in [0.5, 0.6) is 0 Å². The fourth-order valence-corrected chi connectivity index (χ4v) is 1.66. The summed E-state index contributed by atoms with van der Waals surface area (Å²) in [6.45, 7) is 2.65. The molecule has 0 saturated heterocycles. The smallest absolute Gasteiger partial charge is 0.338 e. The van der Waals surface area contributed by atoms with E-state index in [0.717, 1.165) is 11.4 Å². The van der Waals surface area contributed by atoms with Crippen LogP contribution in [-0.4, -0.2) is 12.6 Å². The number of anilines is 2. The first-order valence-electron chi connectivity index (χ1n) is 6.03. The number of benzene rings is 1. The summed E-state index contributed by atoms with van der Waals surface area (Å²) < 4.78 is 10.1. The first kappa shape index (κ1) is 13.0. The van der Waals surface area contributed by atoms with Crippen molar-refractivity contribution in [3.8, 4) is 0 Å². The number of nitrogens with one attached hydrogen (secondary N) is 1. The first-order chi connectivity index (χ1) is 9.20. The Morgan fingerprint density at radius 2 is 2.26 bits per heavy atom. The Bertz CT molecular complexity index is 550. The minimum atomic E-state index is -0.369. The number of nitrogens with two attached hydrogens (primary N) is 1. The van der Waals surface area contributed by atoms with E-state index in [1.807, 2.05) is 12.1 Å². The van der Waals surface area contributed by atoms with Crippen LogP contribution in [0.4, 0.5) is 11.4 Å². The fraction of sp³-hybridized carbons (Fsp3) is 0.214. The third-order valence-electron chi connectivity index (χ3n) is 2.60. The van der Waals surface area contributed by atoms with Crippen LogP contribution in [0.1, 0.15) is 23.0 Å². The highest BCUT2D eigenvalue weighted by atomic mass is 16.5. The first-order valence-corrected chi connectivity index (χ1v) is 6.03. The maximum absolute atomic E-state index is 11.5. The quantitative estimate of drug-likeness (QED) is 0.638. The Hall–Kier alpha value is -2.43. The molecule has 100 valence electrons. The van der Waals surface area contributed by atoms with Gasteiger partial charge >= 0.3 is 5.97 Å². The molecule has 0 spiro atoms. The van der Waals surface area contributed by atoms with E-state index in [9.17, 15) is 4.79 Å². The molecule has 19 heavy (non-hydrogen) atoms. The summed E-state index contributed by atoms with van der Waals surface area (Å²) >= 11 is 0. The molecule has 5 nitrogen and oxygen atoms in total. The van der Waals surface area contributed by atoms with Gasteiger partial charge in [0.15, 0.2) is 0 Å². The normalized spacial score (nSPS) is 10.2. The summed E-state index contributed by atoms with van der Waals surface area (Å²) in [6.07, 6.45) is 1.62. The van der Waals surface area contributed by atoms with E-state index >= 15 is 0 Å². The average Bonchev–Trinajstić information content (AvgIpc) is 2.90. The molecule has 1 heterocycles. The lowest BCUT2D eigenvalue weighted by atomic mass is 10.1. The van der Waals surface area contributed by atoms with E-state index in [1.165, 1.54) is 0 Å². The van der Waals surface area contributed by atoms with Crippen molar-refractivity contribution in [3.05, 3.63) is 47.9 Å². The monoisotopic (exact) mass is 260 g/mol. The van der Waals surface area contributed by atoms with E-state index < -0.39 is 0 Å². The second-order valence-corrected chi connectivity index (χ2v) is 3.96. The van der Waals surface area contributed by atoms with Crippen LogP contribution in [0, 0.1) is 0 Å². The van der Waals surface area contributed by atoms with Gasteiger partial charge in [-0.2, -0.15) is 0 Å². The zero-order chi connectivity index (χ0) is 13.7. The summed E-state index contributed by atoms with van der Waals surface area (Å²) in [5.41, 5.74) is 7.59. The SMILES string of the molecule is CCOC(=O)c1ccc(NCc2ccco2)c(N)c1. The molecule has 0 aliphatic carbocycles. The number of ether oxygens (including phenoxy) is 1. The molecule has 5 heteroatoms. The van der Waals surface area contributed by atoms with Gasteiger partial charge in [0.2, 0.25) is 0 Å². The lowest BCUT2D eigenvalue weighted by molar-refractivity contribution is 0.0526. The summed E-state index contributed by atoms with van der Waals surface area (Å²) in [4.78, 5) is 11.5. The molecule has 0 aliphatic heterocycles. The van der Waals surface area contributed by atoms with Crippen molar-refractivity contribution in [2.24, 2.45) is 0 Å². The molecule has 0 aliphatic rings. The second kappa shape index (κ2) is 5.95. The molecule has 0 amide bonds. The molecule has 0 bridgehead atoms. The van der Waals surface area contributed by atoms with Crippen LogP contribution in [-0.2, 0) is 11.3 Å². The molecule has 2 aromatic rings. The molecular weight excluding hydrogens is 244 g/mol. The standard InChI is InChI=1S/C14H16N2O3/c1-2-18-14(17)10-5-6-13(12(15)8-10)16-9-11-4-3-7-19-11/h3-8,16H,2,9,15H2,1H3.